The van der Waals surface area contributed by atoms with Gasteiger partial charge in [0.1, 0.15) is 5.75 Å². The highest BCUT2D eigenvalue weighted by atomic mass is 35.5. The Morgan fingerprint density at radius 3 is 2.72 bits per heavy atom. The minimum Gasteiger partial charge on any atom is -0.490 e. The number of methoxy groups -OCH3 is 1. The molecule has 1 N–H and O–H groups in total. The molecule has 0 amide bonds. The normalized spacial score (nSPS) is 29.5. The van der Waals surface area contributed by atoms with Crippen molar-refractivity contribution in [3.05, 3.63) is 58.1 Å². The van der Waals surface area contributed by atoms with Crippen molar-refractivity contribution in [2.24, 2.45) is 17.8 Å². The van der Waals surface area contributed by atoms with Crippen molar-refractivity contribution in [3.63, 3.8) is 0 Å². The van der Waals surface area contributed by atoms with Gasteiger partial charge in [0, 0.05) is 30.6 Å². The number of anilines is 1. The van der Waals surface area contributed by atoms with Crippen molar-refractivity contribution in [3.8, 4) is 5.75 Å². The van der Waals surface area contributed by atoms with Gasteiger partial charge in [0.2, 0.25) is 0 Å². The van der Waals surface area contributed by atoms with Crippen LogP contribution in [0.15, 0.2) is 36.4 Å². The lowest BCUT2D eigenvalue weighted by Gasteiger charge is -2.48. The van der Waals surface area contributed by atoms with Crippen LogP contribution in [-0.4, -0.2) is 64.8 Å². The molecule has 4 aliphatic rings. The smallest absolute Gasteiger partial charge is 0.335 e. The number of benzene rings is 2. The third kappa shape index (κ3) is 6.42. The van der Waals surface area contributed by atoms with Crippen LogP contribution in [-0.2, 0) is 30.9 Å². The molecule has 234 valence electrons. The van der Waals surface area contributed by atoms with E-state index in [1.165, 1.54) is 11.1 Å². The van der Waals surface area contributed by atoms with Crippen molar-refractivity contribution in [2.75, 3.05) is 38.0 Å². The molecule has 10 heteroatoms. The number of ether oxygens (including phenoxy) is 2. The molecule has 2 fully saturated rings. The lowest BCUT2D eigenvalue weighted by Crippen LogP contribution is -2.51. The number of fused-ring (bicyclic) bond motifs is 3. The van der Waals surface area contributed by atoms with Gasteiger partial charge in [-0.2, -0.15) is 8.42 Å². The lowest BCUT2D eigenvalue weighted by molar-refractivity contribution is -0.0693. The summed E-state index contributed by atoms with van der Waals surface area (Å²) < 4.78 is 41.7. The number of aryl methyl sites for hydroxylation is 1. The predicted molar refractivity (Wildman–Crippen MR) is 166 cm³/mol. The van der Waals surface area contributed by atoms with E-state index in [1.54, 1.807) is 25.3 Å². The topological polar surface area (TPSA) is 102 Å². The quantitative estimate of drug-likeness (QED) is 0.350. The molecule has 6 rings (SSSR count). The van der Waals surface area contributed by atoms with Gasteiger partial charge in [0.05, 0.1) is 36.3 Å². The van der Waals surface area contributed by atoms with Gasteiger partial charge in [-0.05, 0) is 111 Å². The van der Waals surface area contributed by atoms with E-state index >= 15 is 0 Å². The second-order valence-corrected chi connectivity index (χ2v) is 15.2. The summed E-state index contributed by atoms with van der Waals surface area (Å²) in [5.74, 6) is 0.679. The van der Waals surface area contributed by atoms with Gasteiger partial charge >= 0.3 is 5.97 Å². The molecule has 1 spiro atoms. The first-order chi connectivity index (χ1) is 20.5. The molecule has 0 bridgehead atoms. The molecule has 6 atom stereocenters. The summed E-state index contributed by atoms with van der Waals surface area (Å²) in [4.78, 5) is 14.4. The van der Waals surface area contributed by atoms with Gasteiger partial charge in [0.15, 0.2) is 0 Å². The maximum absolute atomic E-state index is 12.0. The number of carbonyl (C=O) groups is 1. The molecule has 43 heavy (non-hydrogen) atoms. The van der Waals surface area contributed by atoms with Crippen molar-refractivity contribution in [1.82, 2.24) is 0 Å². The summed E-state index contributed by atoms with van der Waals surface area (Å²) in [6.45, 7) is 2.02. The minimum atomic E-state index is -3.51. The molecule has 2 saturated carbocycles. The first-order valence-corrected chi connectivity index (χ1v) is 17.7. The second kappa shape index (κ2) is 12.2. The molecule has 2 unspecified atom stereocenters. The Morgan fingerprint density at radius 1 is 1.16 bits per heavy atom. The number of nitrogens with zero attached hydrogens (tertiary/aromatic N) is 1. The average Bonchev–Trinajstić information content (AvgIpc) is 3.10. The van der Waals surface area contributed by atoms with Gasteiger partial charge in [-0.15, -0.1) is 0 Å². The summed E-state index contributed by atoms with van der Waals surface area (Å²) >= 11 is 6.40. The summed E-state index contributed by atoms with van der Waals surface area (Å²) in [6.07, 6.45) is 9.31. The Morgan fingerprint density at radius 2 is 2.00 bits per heavy atom. The van der Waals surface area contributed by atoms with Gasteiger partial charge < -0.3 is 19.5 Å². The number of hydrogen-bond acceptors (Lipinski definition) is 7. The number of halogens is 1. The summed E-state index contributed by atoms with van der Waals surface area (Å²) in [5.41, 5.74) is 3.39. The Bertz CT molecular complexity index is 1470. The van der Waals surface area contributed by atoms with Crippen LogP contribution in [0.1, 0.15) is 72.9 Å². The Kier molecular flexibility index (Phi) is 8.72. The van der Waals surface area contributed by atoms with Gasteiger partial charge in [-0.3, -0.25) is 4.18 Å². The molecule has 2 aromatic carbocycles. The van der Waals surface area contributed by atoms with E-state index in [4.69, 9.17) is 25.3 Å². The highest BCUT2D eigenvalue weighted by Gasteiger charge is 2.46. The first kappa shape index (κ1) is 30.7. The van der Waals surface area contributed by atoms with Crippen molar-refractivity contribution >= 4 is 33.4 Å². The van der Waals surface area contributed by atoms with Crippen LogP contribution >= 0.6 is 11.6 Å². The number of carboxylic acids is 1. The van der Waals surface area contributed by atoms with Crippen LogP contribution in [0.4, 0.5) is 5.69 Å². The fraction of sp³-hybridized carbons (Fsp3) is 0.606. The van der Waals surface area contributed by atoms with E-state index in [0.29, 0.717) is 24.9 Å². The SMILES string of the molecule is COC([C@H]1CCC[C@H](OS(C)(=O)=O)C1)[C@@H]1CC[C@H]1CN1CC2(CCCc3cc(Cl)ccc32)COc2ccc(C(=O)O)cc21. The van der Waals surface area contributed by atoms with Gasteiger partial charge in [-0.1, -0.05) is 24.1 Å². The van der Waals surface area contributed by atoms with E-state index < -0.39 is 16.1 Å². The Balaban J connectivity index is 1.28. The van der Waals surface area contributed by atoms with E-state index in [-0.39, 0.29) is 29.1 Å². The summed E-state index contributed by atoms with van der Waals surface area (Å²) in [6, 6.07) is 11.4. The van der Waals surface area contributed by atoms with Crippen LogP contribution in [0, 0.1) is 17.8 Å². The van der Waals surface area contributed by atoms with Crippen LogP contribution in [0.3, 0.4) is 0 Å². The molecule has 0 aromatic heterocycles. The molecule has 1 aliphatic heterocycles. The molecular weight excluding hydrogens is 590 g/mol. The number of carboxylic acid groups (broad SMARTS) is 1. The molecule has 8 nitrogen and oxygen atoms in total. The van der Waals surface area contributed by atoms with Crippen molar-refractivity contribution in [2.45, 2.75) is 75.4 Å². The van der Waals surface area contributed by atoms with Crippen molar-refractivity contribution in [1.29, 1.82) is 0 Å². The highest BCUT2D eigenvalue weighted by molar-refractivity contribution is 7.86. The zero-order valence-corrected chi connectivity index (χ0v) is 26.5. The molecular formula is C33H42ClNO7S. The fourth-order valence-corrected chi connectivity index (χ4v) is 9.18. The summed E-state index contributed by atoms with van der Waals surface area (Å²) in [7, 11) is -1.74. The third-order valence-corrected chi connectivity index (χ3v) is 11.2. The summed E-state index contributed by atoms with van der Waals surface area (Å²) in [5, 5.41) is 10.6. The highest BCUT2D eigenvalue weighted by Crippen LogP contribution is 2.48. The van der Waals surface area contributed by atoms with Gasteiger partial charge in [-0.25, -0.2) is 4.79 Å². The lowest BCUT2D eigenvalue weighted by atomic mass is 9.65. The van der Waals surface area contributed by atoms with Crippen molar-refractivity contribution < 1.29 is 32.0 Å². The largest absolute Gasteiger partial charge is 0.490 e. The van der Waals surface area contributed by atoms with E-state index in [2.05, 4.69) is 17.0 Å². The molecule has 1 heterocycles. The fourth-order valence-electron chi connectivity index (χ4n) is 8.32. The maximum atomic E-state index is 12.0. The Labute approximate surface area is 259 Å². The molecule has 2 aromatic rings. The van der Waals surface area contributed by atoms with Crippen LogP contribution in [0.2, 0.25) is 5.02 Å². The first-order valence-electron chi connectivity index (χ1n) is 15.5. The maximum Gasteiger partial charge on any atom is 0.335 e. The van der Waals surface area contributed by atoms with Crippen LogP contribution < -0.4 is 9.64 Å². The number of rotatable bonds is 8. The minimum absolute atomic E-state index is 0.0178. The molecule has 0 radical (unpaired) electrons. The second-order valence-electron chi connectivity index (χ2n) is 13.1. The van der Waals surface area contributed by atoms with Gasteiger partial charge in [0.25, 0.3) is 10.1 Å². The number of hydrogen-bond donors (Lipinski definition) is 1. The van der Waals surface area contributed by atoms with E-state index in [9.17, 15) is 18.3 Å². The predicted octanol–water partition coefficient (Wildman–Crippen LogP) is 6.09. The Hall–Kier alpha value is -2.33. The average molecular weight is 632 g/mol. The van der Waals surface area contributed by atoms with Crippen LogP contribution in [0.25, 0.3) is 0 Å². The number of aromatic carboxylic acids is 1. The molecule has 3 aliphatic carbocycles. The monoisotopic (exact) mass is 631 g/mol. The standard InChI is InChI=1S/C33H42ClNO7S/c1-40-31(22-5-3-7-26(16-22)42-43(2,38)39)27-11-8-24(27)18-35-19-33(14-4-6-21-15-25(34)10-12-28(21)33)20-41-30-13-9-23(32(36)37)17-29(30)35/h9-10,12-13,15,17,22,24,26-27,31H,3-8,11,14,16,18-20H2,1-2H3,(H,36,37)/t22-,24-,26-,27+,31?,33?/m0/s1. The zero-order chi connectivity index (χ0) is 30.4. The third-order valence-electron chi connectivity index (χ3n) is 10.4. The molecule has 0 saturated heterocycles. The van der Waals surface area contributed by atoms with E-state index in [1.807, 2.05) is 6.07 Å². The van der Waals surface area contributed by atoms with E-state index in [0.717, 1.165) is 87.2 Å². The van der Waals surface area contributed by atoms with Crippen LogP contribution in [0.5, 0.6) is 5.75 Å². The zero-order valence-electron chi connectivity index (χ0n) is 25.0.